The Morgan fingerprint density at radius 2 is 0.843 bits per heavy atom. The van der Waals surface area contributed by atoms with E-state index in [0.717, 1.165) is 43.8 Å². The molecule has 2 saturated heterocycles. The molecule has 2 aliphatic heterocycles. The Kier molecular flexibility index (Phi) is 6.23. The van der Waals surface area contributed by atoms with Crippen molar-refractivity contribution in [1.29, 1.82) is 0 Å². The summed E-state index contributed by atoms with van der Waals surface area (Å²) in [7, 11) is 0. The number of nitrogens with zero attached hydrogens (tertiary/aromatic N) is 2. The second kappa shape index (κ2) is 10.7. The average Bonchev–Trinajstić information content (AvgIpc) is 3.60. The van der Waals surface area contributed by atoms with Crippen LogP contribution in [0, 0.1) is 35.0 Å². The third kappa shape index (κ3) is 3.82. The van der Waals surface area contributed by atoms with Crippen LogP contribution in [0.4, 0.5) is 11.4 Å². The average molecular weight is 665 g/mol. The first-order valence-electron chi connectivity index (χ1n) is 17.5. The first kappa shape index (κ1) is 29.7. The zero-order valence-corrected chi connectivity index (χ0v) is 27.8. The van der Waals surface area contributed by atoms with Crippen molar-refractivity contribution in [2.24, 2.45) is 35.0 Å². The van der Waals surface area contributed by atoms with Gasteiger partial charge in [-0.1, -0.05) is 140 Å². The van der Waals surface area contributed by atoms with Crippen LogP contribution in [-0.2, 0) is 19.2 Å². The summed E-state index contributed by atoms with van der Waals surface area (Å²) in [6.45, 7) is 1.97. The van der Waals surface area contributed by atoms with Crippen LogP contribution in [0.3, 0.4) is 0 Å². The van der Waals surface area contributed by atoms with Gasteiger partial charge in [-0.15, -0.1) is 0 Å². The zero-order valence-electron chi connectivity index (χ0n) is 27.8. The summed E-state index contributed by atoms with van der Waals surface area (Å²) in [6.07, 6.45) is 0. The topological polar surface area (TPSA) is 74.8 Å². The Balaban J connectivity index is 1.25. The van der Waals surface area contributed by atoms with Crippen LogP contribution in [0.2, 0.25) is 0 Å². The van der Waals surface area contributed by atoms with Crippen molar-refractivity contribution in [1.82, 2.24) is 0 Å². The highest BCUT2D eigenvalue weighted by molar-refractivity contribution is 6.31. The van der Waals surface area contributed by atoms with Gasteiger partial charge in [0.15, 0.2) is 0 Å². The predicted molar refractivity (Wildman–Crippen MR) is 198 cm³/mol. The molecule has 6 nitrogen and oxygen atoms in total. The predicted octanol–water partition coefficient (Wildman–Crippen LogP) is 8.17. The molecule has 2 heterocycles. The normalized spacial score (nSPS) is 26.8. The highest BCUT2D eigenvalue weighted by atomic mass is 16.2. The van der Waals surface area contributed by atoms with E-state index in [-0.39, 0.29) is 23.6 Å². The van der Waals surface area contributed by atoms with Gasteiger partial charge in [-0.2, -0.15) is 0 Å². The fraction of sp³-hybridized carbons (Fsp3) is 0.156. The third-order valence-corrected chi connectivity index (χ3v) is 12.1. The fourth-order valence-electron chi connectivity index (χ4n) is 10.2. The molecule has 4 unspecified atom stereocenters. The van der Waals surface area contributed by atoms with E-state index >= 15 is 19.2 Å². The van der Waals surface area contributed by atoms with Gasteiger partial charge in [0.2, 0.25) is 23.6 Å². The van der Waals surface area contributed by atoms with Crippen LogP contribution in [0.1, 0.15) is 18.1 Å². The molecule has 246 valence electrons. The van der Waals surface area contributed by atoms with Gasteiger partial charge in [-0.05, 0) is 45.2 Å². The number of fused-ring (bicyclic) bond motifs is 2. The van der Waals surface area contributed by atoms with E-state index < -0.39 is 35.0 Å². The van der Waals surface area contributed by atoms with Crippen LogP contribution in [0.25, 0.3) is 32.7 Å². The minimum atomic E-state index is -1.20. The second-order valence-electron chi connectivity index (χ2n) is 14.4. The Hall–Kier alpha value is -6.14. The SMILES string of the molecule is CC12C(c3ccccc3)=C(c3ccccc3)C(C3C(=O)N(c4cccc5ccccc45)C(=O)C31)C1C(=O)N(c3cccc4ccccc34)C(=O)C12. The van der Waals surface area contributed by atoms with E-state index in [0.29, 0.717) is 11.4 Å². The lowest BCUT2D eigenvalue weighted by Gasteiger charge is -2.57. The van der Waals surface area contributed by atoms with Crippen LogP contribution < -0.4 is 9.80 Å². The highest BCUT2D eigenvalue weighted by Crippen LogP contribution is 2.72. The van der Waals surface area contributed by atoms with Crippen molar-refractivity contribution >= 4 is 67.7 Å². The maximum absolute atomic E-state index is 15.2. The van der Waals surface area contributed by atoms with Crippen LogP contribution in [0.5, 0.6) is 0 Å². The van der Waals surface area contributed by atoms with Crippen LogP contribution in [-0.4, -0.2) is 23.6 Å². The summed E-state index contributed by atoms with van der Waals surface area (Å²) in [5.74, 6) is -5.39. The molecule has 4 atom stereocenters. The van der Waals surface area contributed by atoms with Gasteiger partial charge in [0.25, 0.3) is 0 Å². The van der Waals surface area contributed by atoms with E-state index in [9.17, 15) is 0 Å². The Morgan fingerprint density at radius 1 is 0.431 bits per heavy atom. The van der Waals surface area contributed by atoms with Gasteiger partial charge in [-0.25, -0.2) is 9.80 Å². The Bertz CT molecular complexity index is 2390. The lowest BCUT2D eigenvalue weighted by Crippen LogP contribution is -2.59. The van der Waals surface area contributed by atoms with E-state index in [1.807, 2.05) is 153 Å². The van der Waals surface area contributed by atoms with E-state index in [4.69, 9.17) is 0 Å². The molecule has 0 radical (unpaired) electrons. The van der Waals surface area contributed by atoms with Crippen LogP contribution >= 0.6 is 0 Å². The maximum atomic E-state index is 15.2. The van der Waals surface area contributed by atoms with Crippen molar-refractivity contribution in [2.75, 3.05) is 9.80 Å². The molecule has 5 aliphatic rings. The largest absolute Gasteiger partial charge is 0.274 e. The molecular formula is C45H32N2O4. The van der Waals surface area contributed by atoms with E-state index in [2.05, 4.69) is 0 Å². The first-order valence-corrected chi connectivity index (χ1v) is 17.5. The number of rotatable bonds is 4. The van der Waals surface area contributed by atoms with Crippen molar-refractivity contribution in [3.63, 3.8) is 0 Å². The maximum Gasteiger partial charge on any atom is 0.238 e. The molecule has 51 heavy (non-hydrogen) atoms. The number of benzene rings is 6. The zero-order chi connectivity index (χ0) is 34.6. The molecular weight excluding hydrogens is 633 g/mol. The standard InChI is InChI=1S/C45H32N2O4/c1-45-38(29-18-6-3-7-19-29)34(28-16-4-2-5-17-28)35(36-39(45)43(50)46(41(36)48)32-24-12-20-26-14-8-10-22-30(26)32)37-40(45)44(51)47(42(37)49)33-25-13-21-27-15-9-11-23-31(27)33/h2-25,35-37,39-40H,1H3. The smallest absolute Gasteiger partial charge is 0.238 e. The van der Waals surface area contributed by atoms with Gasteiger partial charge >= 0.3 is 0 Å². The molecule has 11 rings (SSSR count). The fourth-order valence-corrected chi connectivity index (χ4v) is 10.2. The summed E-state index contributed by atoms with van der Waals surface area (Å²) >= 11 is 0. The summed E-state index contributed by atoms with van der Waals surface area (Å²) in [6, 6.07) is 46.5. The Morgan fingerprint density at radius 3 is 1.33 bits per heavy atom. The number of hydrogen-bond acceptors (Lipinski definition) is 4. The van der Waals surface area contributed by atoms with Gasteiger partial charge in [0.05, 0.1) is 35.0 Å². The third-order valence-electron chi connectivity index (χ3n) is 12.1. The molecule has 3 aliphatic carbocycles. The lowest BCUT2D eigenvalue weighted by atomic mass is 9.41. The number of allylic oxidation sites excluding steroid dienone is 2. The molecule has 2 bridgehead atoms. The number of imide groups is 2. The highest BCUT2D eigenvalue weighted by Gasteiger charge is 2.76. The Labute approximate surface area is 294 Å². The lowest BCUT2D eigenvalue weighted by molar-refractivity contribution is -0.143. The van der Waals surface area contributed by atoms with E-state index in [1.54, 1.807) is 0 Å². The minimum absolute atomic E-state index is 0.319. The van der Waals surface area contributed by atoms with Crippen molar-refractivity contribution < 1.29 is 19.2 Å². The van der Waals surface area contributed by atoms with Crippen molar-refractivity contribution in [2.45, 2.75) is 6.92 Å². The first-order chi connectivity index (χ1) is 24.9. The number of amides is 4. The molecule has 0 spiro atoms. The molecule has 4 amide bonds. The summed E-state index contributed by atoms with van der Waals surface area (Å²) in [5.41, 5.74) is 3.36. The number of carbonyl (C=O) groups excluding carboxylic acids is 4. The van der Waals surface area contributed by atoms with Crippen molar-refractivity contribution in [3.05, 3.63) is 157 Å². The van der Waals surface area contributed by atoms with Gasteiger partial charge in [-0.3, -0.25) is 19.2 Å². The summed E-state index contributed by atoms with van der Waals surface area (Å²) < 4.78 is 0. The summed E-state index contributed by atoms with van der Waals surface area (Å²) in [4.78, 5) is 63.3. The molecule has 1 saturated carbocycles. The van der Waals surface area contributed by atoms with Gasteiger partial charge in [0.1, 0.15) is 0 Å². The molecule has 3 fully saturated rings. The van der Waals surface area contributed by atoms with Gasteiger partial charge in [0, 0.05) is 22.1 Å². The molecule has 6 heteroatoms. The van der Waals surface area contributed by atoms with E-state index in [1.165, 1.54) is 9.80 Å². The number of carbonyl (C=O) groups is 4. The minimum Gasteiger partial charge on any atom is -0.274 e. The second-order valence-corrected chi connectivity index (χ2v) is 14.4. The molecule has 6 aromatic carbocycles. The van der Waals surface area contributed by atoms with Crippen molar-refractivity contribution in [3.8, 4) is 0 Å². The molecule has 0 aromatic heterocycles. The monoisotopic (exact) mass is 664 g/mol. The molecule has 0 N–H and O–H groups in total. The summed E-state index contributed by atoms with van der Waals surface area (Å²) in [5, 5.41) is 3.43. The van der Waals surface area contributed by atoms with Gasteiger partial charge < -0.3 is 0 Å². The van der Waals surface area contributed by atoms with Crippen LogP contribution in [0.15, 0.2) is 146 Å². The quantitative estimate of drug-likeness (QED) is 0.178. The molecule has 6 aromatic rings. The number of anilines is 2. The number of hydrogen-bond donors (Lipinski definition) is 0.